The number of pyridine rings is 2. The second-order valence-electron chi connectivity index (χ2n) is 6.69. The fourth-order valence-corrected chi connectivity index (χ4v) is 3.26. The van der Waals surface area contributed by atoms with E-state index in [-0.39, 0.29) is 5.91 Å². The lowest BCUT2D eigenvalue weighted by molar-refractivity contribution is -0.109. The standard InChI is InChI=1S/C24H19N3O2/c28-16-18(14-17-8-2-1-3-9-17)26-24(29)20-15-23(22-12-6-7-13-25-22)27-21-11-5-4-10-19(20)21/h1-13,15-16,18H,14H2,(H,26,29)/t18-/m0/s1. The average Bonchev–Trinajstić information content (AvgIpc) is 2.79. The van der Waals surface area contributed by atoms with Crippen molar-refractivity contribution in [3.8, 4) is 11.4 Å². The van der Waals surface area contributed by atoms with Crippen molar-refractivity contribution < 1.29 is 9.59 Å². The number of hydrogen-bond donors (Lipinski definition) is 1. The minimum absolute atomic E-state index is 0.311. The summed E-state index contributed by atoms with van der Waals surface area (Å²) in [6, 6.07) is 23.7. The summed E-state index contributed by atoms with van der Waals surface area (Å²) < 4.78 is 0. The molecule has 1 N–H and O–H groups in total. The van der Waals surface area contributed by atoms with Gasteiger partial charge in [0.2, 0.25) is 0 Å². The Kier molecular flexibility index (Phi) is 5.38. The SMILES string of the molecule is O=C[C@H](Cc1ccccc1)NC(=O)c1cc(-c2ccccn2)nc2ccccc12. The molecule has 5 nitrogen and oxygen atoms in total. The lowest BCUT2D eigenvalue weighted by Crippen LogP contribution is -2.37. The van der Waals surface area contributed by atoms with Gasteiger partial charge in [0.25, 0.3) is 5.91 Å². The molecule has 4 rings (SSSR count). The number of amides is 1. The van der Waals surface area contributed by atoms with Crippen LogP contribution in [0, 0.1) is 0 Å². The molecule has 0 radical (unpaired) electrons. The second kappa shape index (κ2) is 8.44. The minimum Gasteiger partial charge on any atom is -0.342 e. The number of fused-ring (bicyclic) bond motifs is 1. The molecule has 2 heterocycles. The van der Waals surface area contributed by atoms with E-state index in [0.29, 0.717) is 28.9 Å². The molecule has 0 spiro atoms. The largest absolute Gasteiger partial charge is 0.342 e. The first kappa shape index (κ1) is 18.5. The third-order valence-electron chi connectivity index (χ3n) is 4.67. The molecule has 29 heavy (non-hydrogen) atoms. The van der Waals surface area contributed by atoms with E-state index >= 15 is 0 Å². The Morgan fingerprint density at radius 3 is 2.45 bits per heavy atom. The number of rotatable bonds is 6. The van der Waals surface area contributed by atoms with Gasteiger partial charge in [-0.15, -0.1) is 0 Å². The Balaban J connectivity index is 1.68. The first-order chi connectivity index (χ1) is 14.2. The zero-order valence-electron chi connectivity index (χ0n) is 15.7. The predicted molar refractivity (Wildman–Crippen MR) is 112 cm³/mol. The van der Waals surface area contributed by atoms with Crippen molar-refractivity contribution in [1.29, 1.82) is 0 Å². The number of nitrogens with one attached hydrogen (secondary N) is 1. The van der Waals surface area contributed by atoms with Crippen molar-refractivity contribution in [2.75, 3.05) is 0 Å². The van der Waals surface area contributed by atoms with Crippen molar-refractivity contribution in [3.05, 3.63) is 96.2 Å². The van der Waals surface area contributed by atoms with Gasteiger partial charge >= 0.3 is 0 Å². The molecular formula is C24H19N3O2. The summed E-state index contributed by atoms with van der Waals surface area (Å²) in [7, 11) is 0. The van der Waals surface area contributed by atoms with Crippen LogP contribution in [0.1, 0.15) is 15.9 Å². The normalized spacial score (nSPS) is 11.7. The molecule has 1 atom stereocenters. The summed E-state index contributed by atoms with van der Waals surface area (Å²) in [4.78, 5) is 33.7. The fourth-order valence-electron chi connectivity index (χ4n) is 3.26. The zero-order chi connectivity index (χ0) is 20.1. The van der Waals surface area contributed by atoms with Gasteiger partial charge in [-0.3, -0.25) is 9.78 Å². The van der Waals surface area contributed by atoms with E-state index in [1.165, 1.54) is 0 Å². The quantitative estimate of drug-likeness (QED) is 0.515. The molecule has 0 unspecified atom stereocenters. The van der Waals surface area contributed by atoms with Crippen molar-refractivity contribution in [2.24, 2.45) is 0 Å². The van der Waals surface area contributed by atoms with Crippen LogP contribution in [0.5, 0.6) is 0 Å². The highest BCUT2D eigenvalue weighted by Crippen LogP contribution is 2.23. The van der Waals surface area contributed by atoms with Crippen LogP contribution in [0.25, 0.3) is 22.3 Å². The van der Waals surface area contributed by atoms with E-state index in [2.05, 4.69) is 15.3 Å². The maximum Gasteiger partial charge on any atom is 0.252 e. The van der Waals surface area contributed by atoms with Crippen molar-refractivity contribution in [1.82, 2.24) is 15.3 Å². The maximum atomic E-state index is 13.1. The van der Waals surface area contributed by atoms with Crippen LogP contribution in [0.2, 0.25) is 0 Å². The van der Waals surface area contributed by atoms with Gasteiger partial charge in [-0.1, -0.05) is 54.6 Å². The van der Waals surface area contributed by atoms with Crippen LogP contribution in [0.4, 0.5) is 0 Å². The first-order valence-electron chi connectivity index (χ1n) is 9.36. The van der Waals surface area contributed by atoms with Crippen LogP contribution in [0.15, 0.2) is 85.1 Å². The number of carbonyl (C=O) groups is 2. The van der Waals surface area contributed by atoms with Gasteiger partial charge < -0.3 is 10.1 Å². The molecule has 0 saturated carbocycles. The Morgan fingerprint density at radius 2 is 1.69 bits per heavy atom. The molecule has 0 aliphatic rings. The highest BCUT2D eigenvalue weighted by molar-refractivity contribution is 6.07. The van der Waals surface area contributed by atoms with Gasteiger partial charge in [0, 0.05) is 11.6 Å². The maximum absolute atomic E-state index is 13.1. The molecule has 2 aromatic carbocycles. The number of benzene rings is 2. The van der Waals surface area contributed by atoms with Crippen LogP contribution in [0.3, 0.4) is 0 Å². The van der Waals surface area contributed by atoms with Gasteiger partial charge in [-0.25, -0.2) is 4.98 Å². The smallest absolute Gasteiger partial charge is 0.252 e. The van der Waals surface area contributed by atoms with E-state index in [0.717, 1.165) is 17.2 Å². The minimum atomic E-state index is -0.616. The monoisotopic (exact) mass is 381 g/mol. The number of para-hydroxylation sites is 1. The van der Waals surface area contributed by atoms with E-state index in [9.17, 15) is 9.59 Å². The Labute approximate surface area is 168 Å². The number of carbonyl (C=O) groups excluding carboxylic acids is 2. The fraction of sp³-hybridized carbons (Fsp3) is 0.0833. The van der Waals surface area contributed by atoms with Gasteiger partial charge in [-0.2, -0.15) is 0 Å². The molecule has 0 bridgehead atoms. The van der Waals surface area contributed by atoms with Gasteiger partial charge in [0.05, 0.1) is 28.5 Å². The lowest BCUT2D eigenvalue weighted by Gasteiger charge is -2.15. The zero-order valence-corrected chi connectivity index (χ0v) is 15.7. The summed E-state index contributed by atoms with van der Waals surface area (Å²) in [6.45, 7) is 0. The number of nitrogens with zero attached hydrogens (tertiary/aromatic N) is 2. The van der Waals surface area contributed by atoms with Crippen LogP contribution < -0.4 is 5.32 Å². The molecular weight excluding hydrogens is 362 g/mol. The van der Waals surface area contributed by atoms with Crippen molar-refractivity contribution in [2.45, 2.75) is 12.5 Å². The topological polar surface area (TPSA) is 72.0 Å². The Morgan fingerprint density at radius 1 is 0.931 bits per heavy atom. The molecule has 142 valence electrons. The Bertz CT molecular complexity index is 1140. The summed E-state index contributed by atoms with van der Waals surface area (Å²) in [5.41, 5.74) is 3.45. The number of aldehydes is 1. The second-order valence-corrected chi connectivity index (χ2v) is 6.69. The van der Waals surface area contributed by atoms with E-state index in [1.807, 2.05) is 72.8 Å². The highest BCUT2D eigenvalue weighted by atomic mass is 16.2. The van der Waals surface area contributed by atoms with Crippen LogP contribution in [-0.4, -0.2) is 28.2 Å². The summed E-state index contributed by atoms with van der Waals surface area (Å²) >= 11 is 0. The highest BCUT2D eigenvalue weighted by Gasteiger charge is 2.18. The van der Waals surface area contributed by atoms with Crippen LogP contribution in [-0.2, 0) is 11.2 Å². The molecule has 1 amide bonds. The number of hydrogen-bond acceptors (Lipinski definition) is 4. The lowest BCUT2D eigenvalue weighted by atomic mass is 10.0. The predicted octanol–water partition coefficient (Wildman–Crippen LogP) is 3.84. The van der Waals surface area contributed by atoms with E-state index < -0.39 is 6.04 Å². The summed E-state index contributed by atoms with van der Waals surface area (Å²) in [5.74, 6) is -0.311. The summed E-state index contributed by atoms with van der Waals surface area (Å²) in [6.07, 6.45) is 2.90. The molecule has 0 aliphatic heterocycles. The van der Waals surface area contributed by atoms with Crippen LogP contribution >= 0.6 is 0 Å². The molecule has 0 aliphatic carbocycles. The molecule has 0 saturated heterocycles. The van der Waals surface area contributed by atoms with Gasteiger partial charge in [0.15, 0.2) is 0 Å². The van der Waals surface area contributed by atoms with Gasteiger partial charge in [-0.05, 0) is 36.2 Å². The summed E-state index contributed by atoms with van der Waals surface area (Å²) in [5, 5.41) is 3.58. The van der Waals surface area contributed by atoms with E-state index in [4.69, 9.17) is 0 Å². The van der Waals surface area contributed by atoms with Crippen molar-refractivity contribution in [3.63, 3.8) is 0 Å². The van der Waals surface area contributed by atoms with Crippen molar-refractivity contribution >= 4 is 23.1 Å². The average molecular weight is 381 g/mol. The third-order valence-corrected chi connectivity index (χ3v) is 4.67. The molecule has 2 aromatic heterocycles. The molecule has 4 aromatic rings. The first-order valence-corrected chi connectivity index (χ1v) is 9.36. The Hall–Kier alpha value is -3.86. The van der Waals surface area contributed by atoms with Gasteiger partial charge in [0.1, 0.15) is 6.29 Å². The third kappa shape index (κ3) is 4.19. The number of aromatic nitrogens is 2. The molecule has 5 heteroatoms. The van der Waals surface area contributed by atoms with E-state index in [1.54, 1.807) is 12.3 Å². The molecule has 0 fully saturated rings.